The number of esters is 2. The highest BCUT2D eigenvalue weighted by Crippen LogP contribution is 2.16. The van der Waals surface area contributed by atoms with Crippen LogP contribution in [0.25, 0.3) is 0 Å². The lowest BCUT2D eigenvalue weighted by Gasteiger charge is -2.07. The first-order valence-electron chi connectivity index (χ1n) is 8.81. The van der Waals surface area contributed by atoms with Gasteiger partial charge >= 0.3 is 22.1 Å². The largest absolute Gasteiger partial charge is 0.459 e. The predicted molar refractivity (Wildman–Crippen MR) is 109 cm³/mol. The van der Waals surface area contributed by atoms with Crippen LogP contribution in [0.4, 0.5) is 0 Å². The van der Waals surface area contributed by atoms with Crippen molar-refractivity contribution in [3.05, 3.63) is 77.9 Å². The van der Waals surface area contributed by atoms with Crippen molar-refractivity contribution in [2.75, 3.05) is 13.2 Å². The second-order valence-corrected chi connectivity index (χ2v) is 7.56. The molecule has 0 aliphatic heterocycles. The molecule has 0 radical (unpaired) electrons. The molecule has 0 spiro atoms. The summed E-state index contributed by atoms with van der Waals surface area (Å²) >= 11 is 0. The normalized spacial score (nSPS) is 11.2. The van der Waals surface area contributed by atoms with Crippen LogP contribution in [-0.2, 0) is 28.7 Å². The van der Waals surface area contributed by atoms with Gasteiger partial charge in [0.15, 0.2) is 5.71 Å². The summed E-state index contributed by atoms with van der Waals surface area (Å²) in [6, 6.07) is 14.9. The molecule has 0 aliphatic carbocycles. The van der Waals surface area contributed by atoms with E-state index in [2.05, 4.69) is 16.0 Å². The molecular formula is C21H18N2O7S. The topological polar surface area (TPSA) is 132 Å². The number of rotatable bonds is 9. The van der Waals surface area contributed by atoms with Crippen LogP contribution in [0.1, 0.15) is 22.8 Å². The molecule has 0 fully saturated rings. The van der Waals surface area contributed by atoms with E-state index >= 15 is 0 Å². The van der Waals surface area contributed by atoms with Gasteiger partial charge in [0.05, 0.1) is 5.56 Å². The maximum atomic E-state index is 12.4. The average molecular weight is 442 g/mol. The van der Waals surface area contributed by atoms with Crippen molar-refractivity contribution in [1.82, 2.24) is 0 Å². The number of oxime groups is 1. The zero-order valence-electron chi connectivity index (χ0n) is 16.5. The van der Waals surface area contributed by atoms with E-state index in [4.69, 9.17) is 9.47 Å². The third-order valence-electron chi connectivity index (χ3n) is 3.64. The maximum absolute atomic E-state index is 12.4. The van der Waals surface area contributed by atoms with E-state index in [-0.39, 0.29) is 35.0 Å². The van der Waals surface area contributed by atoms with Gasteiger partial charge in [0, 0.05) is 11.1 Å². The molecule has 9 nitrogen and oxygen atoms in total. The Morgan fingerprint density at radius 2 is 1.68 bits per heavy atom. The van der Waals surface area contributed by atoms with Crippen LogP contribution in [0, 0.1) is 11.3 Å². The number of ether oxygens (including phenoxy) is 2. The van der Waals surface area contributed by atoms with Crippen LogP contribution in [-0.4, -0.2) is 39.3 Å². The van der Waals surface area contributed by atoms with Crippen LogP contribution in [0.5, 0.6) is 0 Å². The van der Waals surface area contributed by atoms with Gasteiger partial charge in [-0.3, -0.25) is 4.28 Å². The summed E-state index contributed by atoms with van der Waals surface area (Å²) in [4.78, 5) is 23.0. The molecule has 160 valence electrons. The maximum Gasteiger partial charge on any atom is 0.358 e. The Balaban J connectivity index is 2.06. The van der Waals surface area contributed by atoms with Crippen molar-refractivity contribution < 1.29 is 31.8 Å². The van der Waals surface area contributed by atoms with E-state index in [0.717, 1.165) is 6.07 Å². The molecule has 0 N–H and O–H groups in total. The van der Waals surface area contributed by atoms with Crippen molar-refractivity contribution in [1.29, 1.82) is 5.26 Å². The van der Waals surface area contributed by atoms with E-state index in [9.17, 15) is 23.3 Å². The molecule has 0 saturated heterocycles. The highest BCUT2D eigenvalue weighted by molar-refractivity contribution is 7.86. The molecule has 0 atom stereocenters. The standard InChI is InChI=1S/C21H18N2O7S/c1-15(2)20(24)28-11-12-29-21(25)17-9-6-10-18(13-17)31(26,27)30-23-19(14-22)16-7-4-3-5-8-16/h3-10,13H,1,11-12H2,2H3. The van der Waals surface area contributed by atoms with Crippen molar-refractivity contribution >= 4 is 27.8 Å². The zero-order chi connectivity index (χ0) is 22.9. The van der Waals surface area contributed by atoms with Crippen LogP contribution in [0.2, 0.25) is 0 Å². The Hall–Kier alpha value is -3.97. The molecule has 0 saturated carbocycles. The van der Waals surface area contributed by atoms with Gasteiger partial charge in [-0.2, -0.15) is 13.7 Å². The second kappa shape index (κ2) is 10.7. The molecule has 0 aromatic heterocycles. The fourth-order valence-corrected chi connectivity index (χ4v) is 2.89. The lowest BCUT2D eigenvalue weighted by molar-refractivity contribution is -0.140. The Morgan fingerprint density at radius 3 is 2.32 bits per heavy atom. The van der Waals surface area contributed by atoms with Gasteiger partial charge in [-0.05, 0) is 25.1 Å². The third kappa shape index (κ3) is 6.80. The van der Waals surface area contributed by atoms with Gasteiger partial charge < -0.3 is 9.47 Å². The number of hydrogen-bond acceptors (Lipinski definition) is 9. The summed E-state index contributed by atoms with van der Waals surface area (Å²) in [5.41, 5.74) is 0.288. The molecule has 10 heteroatoms. The van der Waals surface area contributed by atoms with Gasteiger partial charge in [-0.1, -0.05) is 48.1 Å². The van der Waals surface area contributed by atoms with Gasteiger partial charge in [0.2, 0.25) is 0 Å². The minimum Gasteiger partial charge on any atom is -0.459 e. The van der Waals surface area contributed by atoms with Crippen molar-refractivity contribution in [2.24, 2.45) is 5.16 Å². The van der Waals surface area contributed by atoms with Gasteiger partial charge in [-0.25, -0.2) is 9.59 Å². The summed E-state index contributed by atoms with van der Waals surface area (Å²) in [5.74, 6) is -1.44. The van der Waals surface area contributed by atoms with E-state index in [1.807, 2.05) is 0 Å². The summed E-state index contributed by atoms with van der Waals surface area (Å²) < 4.78 is 39.2. The lowest BCUT2D eigenvalue weighted by atomic mass is 10.1. The fraction of sp³-hybridized carbons (Fsp3) is 0.143. The Kier molecular flexibility index (Phi) is 8.05. The highest BCUT2D eigenvalue weighted by atomic mass is 32.2. The minimum absolute atomic E-state index is 0.0663. The number of nitriles is 1. The first kappa shape index (κ1) is 23.3. The van der Waals surface area contributed by atoms with E-state index < -0.39 is 22.1 Å². The number of nitrogens with zero attached hydrogens (tertiary/aromatic N) is 2. The molecular weight excluding hydrogens is 424 g/mol. The summed E-state index contributed by atoms with van der Waals surface area (Å²) in [5, 5.41) is 12.6. The first-order chi connectivity index (χ1) is 14.7. The van der Waals surface area contributed by atoms with Crippen molar-refractivity contribution in [3.8, 4) is 6.07 Å². The van der Waals surface area contributed by atoms with Crippen molar-refractivity contribution in [3.63, 3.8) is 0 Å². The van der Waals surface area contributed by atoms with Gasteiger partial charge in [-0.15, -0.1) is 0 Å². The highest BCUT2D eigenvalue weighted by Gasteiger charge is 2.19. The minimum atomic E-state index is -4.40. The Labute approximate surface area is 179 Å². The molecule has 0 bridgehead atoms. The summed E-state index contributed by atoms with van der Waals surface area (Å²) in [7, 11) is -4.40. The Bertz CT molecular complexity index is 1150. The molecule has 0 heterocycles. The van der Waals surface area contributed by atoms with Crippen LogP contribution >= 0.6 is 0 Å². The van der Waals surface area contributed by atoms with Gasteiger partial charge in [0.25, 0.3) is 0 Å². The second-order valence-electron chi connectivity index (χ2n) is 6.03. The van der Waals surface area contributed by atoms with Crippen LogP contribution < -0.4 is 0 Å². The molecule has 31 heavy (non-hydrogen) atoms. The molecule has 2 aromatic carbocycles. The number of carbonyl (C=O) groups excluding carboxylic acids is 2. The average Bonchev–Trinajstić information content (AvgIpc) is 2.77. The fourth-order valence-electron chi connectivity index (χ4n) is 2.12. The summed E-state index contributed by atoms with van der Waals surface area (Å²) in [6.07, 6.45) is 0. The molecule has 0 aliphatic rings. The van der Waals surface area contributed by atoms with Crippen molar-refractivity contribution in [2.45, 2.75) is 11.8 Å². The number of hydrogen-bond donors (Lipinski definition) is 0. The van der Waals surface area contributed by atoms with E-state index in [0.29, 0.717) is 5.56 Å². The number of carbonyl (C=O) groups is 2. The van der Waals surface area contributed by atoms with Gasteiger partial charge in [0.1, 0.15) is 24.2 Å². The number of benzene rings is 2. The van der Waals surface area contributed by atoms with Crippen LogP contribution in [0.15, 0.2) is 76.8 Å². The van der Waals surface area contributed by atoms with E-state index in [1.54, 1.807) is 36.4 Å². The quantitative estimate of drug-likeness (QED) is 0.190. The van der Waals surface area contributed by atoms with E-state index in [1.165, 1.54) is 25.1 Å². The lowest BCUT2D eigenvalue weighted by Crippen LogP contribution is -2.14. The smallest absolute Gasteiger partial charge is 0.358 e. The molecule has 2 rings (SSSR count). The molecule has 2 aromatic rings. The molecule has 0 unspecified atom stereocenters. The first-order valence-corrected chi connectivity index (χ1v) is 10.2. The molecule has 0 amide bonds. The van der Waals surface area contributed by atoms with Crippen LogP contribution in [0.3, 0.4) is 0 Å². The predicted octanol–water partition coefficient (Wildman–Crippen LogP) is 2.60. The SMILES string of the molecule is C=C(C)C(=O)OCCOC(=O)c1cccc(S(=O)(=O)ON=C(C#N)c2ccccc2)c1. The Morgan fingerprint density at radius 1 is 1.03 bits per heavy atom. The zero-order valence-corrected chi connectivity index (χ0v) is 17.3. The summed E-state index contributed by atoms with van der Waals surface area (Å²) in [6.45, 7) is 4.50. The third-order valence-corrected chi connectivity index (χ3v) is 4.74. The monoisotopic (exact) mass is 442 g/mol.